The maximum absolute atomic E-state index is 13.0. The molecule has 3 unspecified atom stereocenters. The number of hydrogen-bond acceptors (Lipinski definition) is 5. The molecule has 4 N–H and O–H groups in total. The molecule has 1 aromatic carbocycles. The summed E-state index contributed by atoms with van der Waals surface area (Å²) in [7, 11) is 0. The molecular formula is C23H35N5O2. The third-order valence-corrected chi connectivity index (χ3v) is 6.50. The molecule has 3 aliphatic rings. The van der Waals surface area contributed by atoms with Crippen LogP contribution < -0.4 is 26.4 Å². The number of benzene rings is 1. The Morgan fingerprint density at radius 3 is 2.73 bits per heavy atom. The number of carbonyl (C=O) groups excluding carboxylic acids is 2. The maximum atomic E-state index is 13.0. The van der Waals surface area contributed by atoms with Crippen LogP contribution >= 0.6 is 0 Å². The fraction of sp³-hybridized carbons (Fsp3) is 0.652. The second-order valence-electron chi connectivity index (χ2n) is 8.96. The Morgan fingerprint density at radius 1 is 1.20 bits per heavy atom. The van der Waals surface area contributed by atoms with Crippen molar-refractivity contribution in [2.45, 2.75) is 76.4 Å². The monoisotopic (exact) mass is 413 g/mol. The number of hydrazine groups is 1. The lowest BCUT2D eigenvalue weighted by Gasteiger charge is -2.22. The van der Waals surface area contributed by atoms with E-state index in [1.54, 1.807) is 0 Å². The van der Waals surface area contributed by atoms with Crippen LogP contribution in [0.2, 0.25) is 0 Å². The van der Waals surface area contributed by atoms with Crippen molar-refractivity contribution in [3.8, 4) is 0 Å². The van der Waals surface area contributed by atoms with Crippen molar-refractivity contribution in [3.05, 3.63) is 24.3 Å². The van der Waals surface area contributed by atoms with Crippen LogP contribution in [0, 0.1) is 5.92 Å². The first-order valence-electron chi connectivity index (χ1n) is 11.6. The second kappa shape index (κ2) is 9.79. The van der Waals surface area contributed by atoms with Crippen molar-refractivity contribution >= 4 is 23.2 Å². The molecule has 3 atom stereocenters. The van der Waals surface area contributed by atoms with Gasteiger partial charge in [-0.05, 0) is 62.6 Å². The smallest absolute Gasteiger partial charge is 0.246 e. The number of anilines is 2. The summed E-state index contributed by atoms with van der Waals surface area (Å²) in [5, 5.41) is 6.03. The van der Waals surface area contributed by atoms with Crippen LogP contribution in [0.25, 0.3) is 0 Å². The number of nitrogens with zero attached hydrogens (tertiary/aromatic N) is 1. The molecule has 7 heteroatoms. The van der Waals surface area contributed by atoms with Gasteiger partial charge < -0.3 is 15.5 Å². The number of unbranched alkanes of at least 4 members (excludes halogenated alkanes) is 1. The Balaban J connectivity index is 1.35. The van der Waals surface area contributed by atoms with Crippen LogP contribution in [0.3, 0.4) is 0 Å². The van der Waals surface area contributed by atoms with E-state index in [2.05, 4.69) is 39.4 Å². The van der Waals surface area contributed by atoms with Gasteiger partial charge in [-0.2, -0.15) is 0 Å². The first-order chi connectivity index (χ1) is 14.6. The second-order valence-corrected chi connectivity index (χ2v) is 8.96. The molecule has 1 saturated carbocycles. The minimum Gasteiger partial charge on any atom is -0.371 e. The lowest BCUT2D eigenvalue weighted by Crippen LogP contribution is -2.50. The summed E-state index contributed by atoms with van der Waals surface area (Å²) in [6.07, 6.45) is 8.23. The van der Waals surface area contributed by atoms with Gasteiger partial charge in [-0.25, -0.2) is 5.43 Å². The molecule has 4 rings (SSSR count). The molecule has 0 radical (unpaired) electrons. The highest BCUT2D eigenvalue weighted by molar-refractivity contribution is 5.98. The molecule has 2 heterocycles. The molecule has 0 spiro atoms. The van der Waals surface area contributed by atoms with Gasteiger partial charge in [-0.15, -0.1) is 0 Å². The van der Waals surface area contributed by atoms with Crippen molar-refractivity contribution in [3.63, 3.8) is 0 Å². The Bertz CT molecular complexity index is 745. The molecule has 7 nitrogen and oxygen atoms in total. The molecular weight excluding hydrogens is 378 g/mol. The molecule has 1 aromatic rings. The van der Waals surface area contributed by atoms with E-state index in [4.69, 9.17) is 0 Å². The van der Waals surface area contributed by atoms with E-state index in [1.165, 1.54) is 25.7 Å². The summed E-state index contributed by atoms with van der Waals surface area (Å²) in [5.41, 5.74) is 8.30. The van der Waals surface area contributed by atoms with Crippen LogP contribution in [0.4, 0.5) is 11.4 Å². The fourth-order valence-electron chi connectivity index (χ4n) is 4.50. The van der Waals surface area contributed by atoms with Gasteiger partial charge in [0.1, 0.15) is 12.1 Å². The van der Waals surface area contributed by atoms with Gasteiger partial charge in [-0.1, -0.05) is 25.8 Å². The number of hydrogen-bond donors (Lipinski definition) is 4. The Kier molecular flexibility index (Phi) is 6.89. The van der Waals surface area contributed by atoms with Gasteiger partial charge >= 0.3 is 0 Å². The fourth-order valence-corrected chi connectivity index (χ4v) is 4.50. The molecule has 0 aromatic heterocycles. The van der Waals surface area contributed by atoms with Crippen LogP contribution in [0.15, 0.2) is 24.3 Å². The number of nitrogens with one attached hydrogen (secondary N) is 4. The molecule has 3 fully saturated rings. The molecule has 164 valence electrons. The highest BCUT2D eigenvalue weighted by Crippen LogP contribution is 2.35. The minimum absolute atomic E-state index is 0.0901. The zero-order valence-electron chi connectivity index (χ0n) is 18.0. The van der Waals surface area contributed by atoms with Crippen LogP contribution in [0.5, 0.6) is 0 Å². The van der Waals surface area contributed by atoms with Crippen LogP contribution in [-0.2, 0) is 9.59 Å². The summed E-state index contributed by atoms with van der Waals surface area (Å²) >= 11 is 0. The lowest BCUT2D eigenvalue weighted by atomic mass is 10.0. The first-order valence-corrected chi connectivity index (χ1v) is 11.6. The molecule has 2 aliphatic heterocycles. The summed E-state index contributed by atoms with van der Waals surface area (Å²) in [5.74, 6) is 0.463. The van der Waals surface area contributed by atoms with Crippen LogP contribution in [-0.4, -0.2) is 43.0 Å². The van der Waals surface area contributed by atoms with Gasteiger partial charge in [0, 0.05) is 30.5 Å². The largest absolute Gasteiger partial charge is 0.371 e. The number of carbonyl (C=O) groups is 2. The average Bonchev–Trinajstić information content (AvgIpc) is 3.25. The average molecular weight is 414 g/mol. The van der Waals surface area contributed by atoms with Gasteiger partial charge in [0.2, 0.25) is 11.8 Å². The third-order valence-electron chi connectivity index (χ3n) is 6.50. The van der Waals surface area contributed by atoms with Gasteiger partial charge in [0.15, 0.2) is 0 Å². The number of amides is 2. The Labute approximate surface area is 179 Å². The zero-order chi connectivity index (χ0) is 20.9. The van der Waals surface area contributed by atoms with Crippen molar-refractivity contribution in [2.24, 2.45) is 5.92 Å². The molecule has 1 aliphatic carbocycles. The van der Waals surface area contributed by atoms with E-state index in [-0.39, 0.29) is 17.9 Å². The standard InChI is InChI=1S/C23H35N5O2/c1-2-3-9-19(25-23(30)21-15-20(26-27-21)16-10-11-16)22(29)24-17-7-6-8-18(14-17)28-12-4-5-13-28/h6-8,14,16,19-21,26-27H,2-5,9-13,15H2,1H3,(H,24,29)(H,25,30). The van der Waals surface area contributed by atoms with E-state index in [1.807, 2.05) is 18.2 Å². The van der Waals surface area contributed by atoms with Gasteiger partial charge in [-0.3, -0.25) is 15.0 Å². The quantitative estimate of drug-likeness (QED) is 0.500. The summed E-state index contributed by atoms with van der Waals surface area (Å²) in [6, 6.07) is 7.60. The van der Waals surface area contributed by atoms with Crippen molar-refractivity contribution in [2.75, 3.05) is 23.3 Å². The highest BCUT2D eigenvalue weighted by Gasteiger charge is 2.39. The van der Waals surface area contributed by atoms with Crippen molar-refractivity contribution in [1.82, 2.24) is 16.2 Å². The highest BCUT2D eigenvalue weighted by atomic mass is 16.2. The van der Waals surface area contributed by atoms with Crippen molar-refractivity contribution in [1.29, 1.82) is 0 Å². The predicted octanol–water partition coefficient (Wildman–Crippen LogP) is 2.55. The molecule has 30 heavy (non-hydrogen) atoms. The summed E-state index contributed by atoms with van der Waals surface area (Å²) in [6.45, 7) is 4.23. The maximum Gasteiger partial charge on any atom is 0.246 e. The Morgan fingerprint density at radius 2 is 2.00 bits per heavy atom. The van der Waals surface area contributed by atoms with E-state index in [9.17, 15) is 9.59 Å². The van der Waals surface area contributed by atoms with Crippen LogP contribution in [0.1, 0.15) is 58.3 Å². The minimum atomic E-state index is -0.519. The summed E-state index contributed by atoms with van der Waals surface area (Å²) < 4.78 is 0. The topological polar surface area (TPSA) is 85.5 Å². The van der Waals surface area contributed by atoms with Gasteiger partial charge in [0.05, 0.1) is 0 Å². The van der Waals surface area contributed by atoms with Crippen molar-refractivity contribution < 1.29 is 9.59 Å². The molecule has 2 saturated heterocycles. The number of rotatable bonds is 9. The normalized spacial score (nSPS) is 24.6. The Hall–Kier alpha value is -2.12. The summed E-state index contributed by atoms with van der Waals surface area (Å²) in [4.78, 5) is 28.1. The lowest BCUT2D eigenvalue weighted by molar-refractivity contribution is -0.127. The van der Waals surface area contributed by atoms with E-state index in [0.717, 1.165) is 43.7 Å². The first kappa shape index (κ1) is 21.1. The SMILES string of the molecule is CCCCC(NC(=O)C1CC(C2CC2)NN1)C(=O)Nc1cccc(N2CCCC2)c1. The van der Waals surface area contributed by atoms with E-state index >= 15 is 0 Å². The predicted molar refractivity (Wildman–Crippen MR) is 119 cm³/mol. The molecule has 0 bridgehead atoms. The van der Waals surface area contributed by atoms with E-state index < -0.39 is 6.04 Å². The third kappa shape index (κ3) is 5.32. The van der Waals surface area contributed by atoms with E-state index in [0.29, 0.717) is 18.4 Å². The molecule has 2 amide bonds. The zero-order valence-corrected chi connectivity index (χ0v) is 18.0. The van der Waals surface area contributed by atoms with Gasteiger partial charge in [0.25, 0.3) is 0 Å².